The Morgan fingerprint density at radius 1 is 1.21 bits per heavy atom. The lowest BCUT2D eigenvalue weighted by atomic mass is 10.1. The van der Waals surface area contributed by atoms with Crippen molar-refractivity contribution in [2.24, 2.45) is 0 Å². The van der Waals surface area contributed by atoms with Gasteiger partial charge in [-0.05, 0) is 35.4 Å². The molecule has 19 heavy (non-hydrogen) atoms. The van der Waals surface area contributed by atoms with Crippen LogP contribution < -0.4 is 5.32 Å². The summed E-state index contributed by atoms with van der Waals surface area (Å²) in [7, 11) is 0. The number of amides is 1. The first kappa shape index (κ1) is 13.2. The van der Waals surface area contributed by atoms with Crippen LogP contribution in [0, 0.1) is 0 Å². The highest BCUT2D eigenvalue weighted by atomic mass is 35.5. The van der Waals surface area contributed by atoms with Crippen molar-refractivity contribution in [2.75, 3.05) is 0 Å². The third-order valence-electron chi connectivity index (χ3n) is 2.52. The summed E-state index contributed by atoms with van der Waals surface area (Å²) in [4.78, 5) is 22.4. The van der Waals surface area contributed by atoms with Crippen molar-refractivity contribution in [3.8, 4) is 0 Å². The number of halogens is 1. The van der Waals surface area contributed by atoms with Crippen molar-refractivity contribution < 1.29 is 19.1 Å². The Balaban J connectivity index is 1.97. The Hall–Kier alpha value is -2.27. The van der Waals surface area contributed by atoms with Gasteiger partial charge in [-0.15, -0.1) is 0 Å². The molecule has 0 bridgehead atoms. The Morgan fingerprint density at radius 3 is 2.42 bits per heavy atom. The minimum Gasteiger partial charge on any atom is -0.478 e. The molecule has 5 nitrogen and oxygen atoms in total. The quantitative estimate of drug-likeness (QED) is 0.901. The molecule has 1 aromatic heterocycles. The minimum atomic E-state index is -0.985. The number of hydrogen-bond donors (Lipinski definition) is 2. The molecule has 0 fully saturated rings. The predicted molar refractivity (Wildman–Crippen MR) is 68.3 cm³/mol. The largest absolute Gasteiger partial charge is 0.478 e. The molecule has 0 radical (unpaired) electrons. The molecule has 0 aliphatic rings. The Bertz CT molecular complexity index is 603. The molecule has 0 atom stereocenters. The number of benzene rings is 1. The third-order valence-corrected chi connectivity index (χ3v) is 2.81. The van der Waals surface area contributed by atoms with Crippen LogP contribution in [0.25, 0.3) is 0 Å². The zero-order chi connectivity index (χ0) is 13.8. The average Bonchev–Trinajstić information content (AvgIpc) is 2.83. The van der Waals surface area contributed by atoms with Crippen molar-refractivity contribution in [1.82, 2.24) is 5.32 Å². The van der Waals surface area contributed by atoms with Crippen molar-refractivity contribution in [3.05, 3.63) is 58.5 Å². The maximum atomic E-state index is 11.7. The Labute approximate surface area is 113 Å². The van der Waals surface area contributed by atoms with Crippen LogP contribution in [0.3, 0.4) is 0 Å². The molecule has 0 saturated carbocycles. The third kappa shape index (κ3) is 3.14. The maximum absolute atomic E-state index is 11.7. The zero-order valence-corrected chi connectivity index (χ0v) is 10.5. The molecule has 2 N–H and O–H groups in total. The number of carboxylic acids is 1. The fourth-order valence-corrected chi connectivity index (χ4v) is 1.70. The number of aromatic carboxylic acids is 1. The van der Waals surface area contributed by atoms with Gasteiger partial charge >= 0.3 is 5.97 Å². The van der Waals surface area contributed by atoms with Crippen LogP contribution in [0.2, 0.25) is 5.22 Å². The summed E-state index contributed by atoms with van der Waals surface area (Å²) in [6.07, 6.45) is 1.33. The Kier molecular flexibility index (Phi) is 3.87. The summed E-state index contributed by atoms with van der Waals surface area (Å²) in [5.74, 6) is -1.33. The van der Waals surface area contributed by atoms with Crippen molar-refractivity contribution in [1.29, 1.82) is 0 Å². The molecule has 0 saturated heterocycles. The molecule has 1 aromatic carbocycles. The van der Waals surface area contributed by atoms with Gasteiger partial charge in [0.05, 0.1) is 17.4 Å². The molecule has 2 aromatic rings. The number of rotatable bonds is 4. The topological polar surface area (TPSA) is 79.5 Å². The van der Waals surface area contributed by atoms with Gasteiger partial charge in [0.25, 0.3) is 5.91 Å². The first-order valence-electron chi connectivity index (χ1n) is 5.41. The summed E-state index contributed by atoms with van der Waals surface area (Å²) in [6.45, 7) is 0.278. The average molecular weight is 280 g/mol. The molecule has 2 rings (SSSR count). The monoisotopic (exact) mass is 279 g/mol. The normalized spacial score (nSPS) is 10.2. The first-order valence-corrected chi connectivity index (χ1v) is 5.79. The van der Waals surface area contributed by atoms with Crippen LogP contribution in [0.4, 0.5) is 0 Å². The van der Waals surface area contributed by atoms with Crippen LogP contribution >= 0.6 is 11.6 Å². The fraction of sp³-hybridized carbons (Fsp3) is 0.0769. The number of carbonyl (C=O) groups excluding carboxylic acids is 1. The lowest BCUT2D eigenvalue weighted by Gasteiger charge is -2.04. The molecule has 6 heteroatoms. The standard InChI is InChI=1S/C13H10ClNO4/c14-11-10(5-6-19-11)12(16)15-7-8-1-3-9(4-2-8)13(17)18/h1-6H,7H2,(H,15,16)(H,17,18). The van der Waals surface area contributed by atoms with Gasteiger partial charge < -0.3 is 14.8 Å². The van der Waals surface area contributed by atoms with Crippen molar-refractivity contribution >= 4 is 23.5 Å². The van der Waals surface area contributed by atoms with E-state index in [4.69, 9.17) is 21.1 Å². The highest BCUT2D eigenvalue weighted by Gasteiger charge is 2.12. The van der Waals surface area contributed by atoms with E-state index in [9.17, 15) is 9.59 Å². The van der Waals surface area contributed by atoms with Gasteiger partial charge in [-0.25, -0.2) is 4.79 Å². The lowest BCUT2D eigenvalue weighted by Crippen LogP contribution is -2.22. The number of hydrogen-bond acceptors (Lipinski definition) is 3. The first-order chi connectivity index (χ1) is 9.08. The molecule has 0 unspecified atom stereocenters. The van der Waals surface area contributed by atoms with Gasteiger partial charge in [-0.1, -0.05) is 12.1 Å². The van der Waals surface area contributed by atoms with E-state index < -0.39 is 5.97 Å². The van der Waals surface area contributed by atoms with E-state index in [-0.39, 0.29) is 28.8 Å². The molecule has 0 aliphatic heterocycles. The summed E-state index contributed by atoms with van der Waals surface area (Å²) < 4.78 is 4.82. The SMILES string of the molecule is O=C(O)c1ccc(CNC(=O)c2ccoc2Cl)cc1. The maximum Gasteiger partial charge on any atom is 0.335 e. The number of carbonyl (C=O) groups is 2. The minimum absolute atomic E-state index is 0.0405. The fourth-order valence-electron chi connectivity index (χ4n) is 1.50. The van der Waals surface area contributed by atoms with Crippen LogP contribution in [-0.2, 0) is 6.54 Å². The summed E-state index contributed by atoms with van der Waals surface area (Å²) >= 11 is 5.68. The second-order valence-electron chi connectivity index (χ2n) is 3.79. The van der Waals surface area contributed by atoms with E-state index in [1.54, 1.807) is 12.1 Å². The van der Waals surface area contributed by atoms with Gasteiger partial charge in [0.15, 0.2) is 0 Å². The molecule has 0 aliphatic carbocycles. The zero-order valence-electron chi connectivity index (χ0n) is 9.72. The summed E-state index contributed by atoms with van der Waals surface area (Å²) in [5, 5.41) is 11.5. The molecule has 98 valence electrons. The second kappa shape index (κ2) is 5.58. The van der Waals surface area contributed by atoms with E-state index in [0.717, 1.165) is 5.56 Å². The Morgan fingerprint density at radius 2 is 1.89 bits per heavy atom. The van der Waals surface area contributed by atoms with Crippen LogP contribution in [0.5, 0.6) is 0 Å². The molecular weight excluding hydrogens is 270 g/mol. The van der Waals surface area contributed by atoms with Gasteiger partial charge in [0.2, 0.25) is 5.22 Å². The van der Waals surface area contributed by atoms with Crippen LogP contribution in [0.1, 0.15) is 26.3 Å². The van der Waals surface area contributed by atoms with Gasteiger partial charge in [0, 0.05) is 6.54 Å². The molecular formula is C13H10ClNO4. The highest BCUT2D eigenvalue weighted by Crippen LogP contribution is 2.16. The van der Waals surface area contributed by atoms with E-state index in [1.807, 2.05) is 0 Å². The van der Waals surface area contributed by atoms with E-state index in [0.29, 0.717) is 0 Å². The van der Waals surface area contributed by atoms with Crippen molar-refractivity contribution in [3.63, 3.8) is 0 Å². The van der Waals surface area contributed by atoms with Gasteiger partial charge in [0.1, 0.15) is 0 Å². The van der Waals surface area contributed by atoms with E-state index in [1.165, 1.54) is 24.5 Å². The lowest BCUT2D eigenvalue weighted by molar-refractivity contribution is 0.0696. The van der Waals surface area contributed by atoms with Gasteiger partial charge in [-0.2, -0.15) is 0 Å². The van der Waals surface area contributed by atoms with E-state index >= 15 is 0 Å². The summed E-state index contributed by atoms with van der Waals surface area (Å²) in [5.41, 5.74) is 1.26. The number of furan rings is 1. The number of nitrogens with one attached hydrogen (secondary N) is 1. The predicted octanol–water partition coefficient (Wildman–Crippen LogP) is 2.56. The van der Waals surface area contributed by atoms with Crippen LogP contribution in [-0.4, -0.2) is 17.0 Å². The second-order valence-corrected chi connectivity index (χ2v) is 4.14. The molecule has 1 heterocycles. The van der Waals surface area contributed by atoms with Crippen molar-refractivity contribution in [2.45, 2.75) is 6.54 Å². The summed E-state index contributed by atoms with van der Waals surface area (Å²) in [6, 6.07) is 7.72. The smallest absolute Gasteiger partial charge is 0.335 e. The molecule has 0 spiro atoms. The van der Waals surface area contributed by atoms with Crippen LogP contribution in [0.15, 0.2) is 41.0 Å². The molecule has 1 amide bonds. The van der Waals surface area contributed by atoms with E-state index in [2.05, 4.69) is 5.32 Å². The van der Waals surface area contributed by atoms with Gasteiger partial charge in [-0.3, -0.25) is 4.79 Å². The number of carboxylic acid groups (broad SMARTS) is 1. The highest BCUT2D eigenvalue weighted by molar-refractivity contribution is 6.32.